The fourth-order valence-electron chi connectivity index (χ4n) is 2.56. The van der Waals surface area contributed by atoms with Crippen LogP contribution < -0.4 is 0 Å². The van der Waals surface area contributed by atoms with E-state index in [9.17, 15) is 0 Å². The highest BCUT2D eigenvalue weighted by molar-refractivity contribution is 5.46. The van der Waals surface area contributed by atoms with Gasteiger partial charge in [0.25, 0.3) is 0 Å². The van der Waals surface area contributed by atoms with Gasteiger partial charge in [0.15, 0.2) is 0 Å². The Hall–Kier alpha value is -2.38. The summed E-state index contributed by atoms with van der Waals surface area (Å²) in [7, 11) is 0. The topological polar surface area (TPSA) is 22.9 Å². The van der Waals surface area contributed by atoms with Crippen LogP contribution in [0.15, 0.2) is 91.0 Å². The highest BCUT2D eigenvalue weighted by atomic mass is 16.3. The van der Waals surface area contributed by atoms with E-state index in [2.05, 4.69) is 0 Å². The third-order valence-corrected chi connectivity index (χ3v) is 3.62. The van der Waals surface area contributed by atoms with Gasteiger partial charge in [0, 0.05) is 16.7 Å². The number of rotatable bonds is 3. The van der Waals surface area contributed by atoms with Crippen molar-refractivity contribution in [2.24, 2.45) is 0 Å². The molecule has 0 heterocycles. The first-order valence-corrected chi connectivity index (χ1v) is 6.73. The Kier molecular flexibility index (Phi) is 3.36. The van der Waals surface area contributed by atoms with E-state index in [0.29, 0.717) is 0 Å². The van der Waals surface area contributed by atoms with Crippen molar-refractivity contribution >= 4 is 0 Å². The van der Waals surface area contributed by atoms with Gasteiger partial charge in [-0.1, -0.05) is 54.6 Å². The molecule has 1 heteroatoms. The zero-order chi connectivity index (χ0) is 13.8. The summed E-state index contributed by atoms with van der Waals surface area (Å²) >= 11 is 0. The zero-order valence-electron chi connectivity index (χ0n) is 11.2. The lowest BCUT2D eigenvalue weighted by atomic mass is 9.80. The van der Waals surface area contributed by atoms with E-state index in [-0.39, 0.29) is 0 Å². The molecule has 20 heavy (non-hydrogen) atoms. The first-order valence-electron chi connectivity index (χ1n) is 6.73. The maximum Gasteiger partial charge on any atom is 0.242 e. The predicted molar refractivity (Wildman–Crippen MR) is 82.8 cm³/mol. The third kappa shape index (κ3) is 2.13. The molecular weight excluding hydrogens is 244 g/mol. The van der Waals surface area contributed by atoms with Crippen LogP contribution in [0.3, 0.4) is 0 Å². The molecule has 0 radical (unpaired) electrons. The summed E-state index contributed by atoms with van der Waals surface area (Å²) in [5.74, 6) is 0. The van der Waals surface area contributed by atoms with Crippen LogP contribution in [0.1, 0.15) is 16.7 Å². The fourth-order valence-corrected chi connectivity index (χ4v) is 2.56. The molecule has 0 aromatic heterocycles. The highest BCUT2D eigenvalue weighted by Crippen LogP contribution is 2.36. The SMILES string of the molecule is [OH2+]C(c1ccccc1)(c1ccccc1)c1ccccc1. The third-order valence-electron chi connectivity index (χ3n) is 3.62. The van der Waals surface area contributed by atoms with Crippen molar-refractivity contribution in [2.75, 3.05) is 0 Å². The molecule has 0 atom stereocenters. The van der Waals surface area contributed by atoms with E-state index in [1.54, 1.807) is 0 Å². The second-order valence-corrected chi connectivity index (χ2v) is 4.85. The van der Waals surface area contributed by atoms with Crippen molar-refractivity contribution in [1.82, 2.24) is 0 Å². The van der Waals surface area contributed by atoms with Gasteiger partial charge in [-0.15, -0.1) is 0 Å². The Morgan fingerprint density at radius 1 is 0.450 bits per heavy atom. The summed E-state index contributed by atoms with van der Waals surface area (Å²) in [5, 5.41) is 9.14. The fraction of sp³-hybridized carbons (Fsp3) is 0.0526. The molecular formula is C19H17O+. The summed E-state index contributed by atoms with van der Waals surface area (Å²) in [5.41, 5.74) is 2.08. The highest BCUT2D eigenvalue weighted by Gasteiger charge is 2.38. The van der Waals surface area contributed by atoms with Crippen molar-refractivity contribution in [3.05, 3.63) is 108 Å². The van der Waals surface area contributed by atoms with E-state index in [1.165, 1.54) is 0 Å². The predicted octanol–water partition coefficient (Wildman–Crippen LogP) is 3.70. The Balaban J connectivity index is 2.24. The maximum absolute atomic E-state index is 9.14. The molecule has 3 rings (SSSR count). The molecule has 0 amide bonds. The van der Waals surface area contributed by atoms with Crippen molar-refractivity contribution in [2.45, 2.75) is 5.60 Å². The summed E-state index contributed by atoms with van der Waals surface area (Å²) in [6, 6.07) is 30.0. The number of hydrogen-bond donors (Lipinski definition) is 0. The molecule has 0 spiro atoms. The van der Waals surface area contributed by atoms with Crippen LogP contribution in [0.4, 0.5) is 0 Å². The number of benzene rings is 3. The molecule has 0 unspecified atom stereocenters. The minimum atomic E-state index is -0.871. The van der Waals surface area contributed by atoms with E-state index in [1.807, 2.05) is 91.0 Å². The molecule has 3 aromatic rings. The lowest BCUT2D eigenvalue weighted by molar-refractivity contribution is 0.125. The van der Waals surface area contributed by atoms with Crippen LogP contribution in [0.25, 0.3) is 0 Å². The Labute approximate surface area is 119 Å². The van der Waals surface area contributed by atoms with Gasteiger partial charge in [-0.05, 0) is 36.4 Å². The van der Waals surface area contributed by atoms with Crippen LogP contribution in [0, 0.1) is 0 Å². The largest absolute Gasteiger partial charge is 0.430 e. The van der Waals surface area contributed by atoms with E-state index < -0.39 is 5.60 Å². The van der Waals surface area contributed by atoms with E-state index >= 15 is 0 Å². The van der Waals surface area contributed by atoms with E-state index in [0.717, 1.165) is 16.7 Å². The van der Waals surface area contributed by atoms with Crippen molar-refractivity contribution in [3.63, 3.8) is 0 Å². The first-order chi connectivity index (χ1) is 9.82. The number of hydrogen-bond acceptors (Lipinski definition) is 0. The van der Waals surface area contributed by atoms with Gasteiger partial charge in [-0.2, -0.15) is 0 Å². The summed E-state index contributed by atoms with van der Waals surface area (Å²) < 4.78 is 0. The lowest BCUT2D eigenvalue weighted by Gasteiger charge is -2.25. The normalized spacial score (nSPS) is 11.2. The quantitative estimate of drug-likeness (QED) is 0.507. The van der Waals surface area contributed by atoms with Crippen molar-refractivity contribution < 1.29 is 5.11 Å². The lowest BCUT2D eigenvalue weighted by Crippen LogP contribution is -2.28. The standard InChI is InChI=1S/C19H16O/c20-19(16-10-4-1-5-11-16,17-12-6-2-7-13-17)18-14-8-3-9-15-18/h1-15,20H/p+1. The molecule has 1 nitrogen and oxygen atoms in total. The Morgan fingerprint density at radius 2 is 0.700 bits per heavy atom. The molecule has 0 bridgehead atoms. The Morgan fingerprint density at radius 3 is 0.950 bits per heavy atom. The molecule has 3 aromatic carbocycles. The zero-order valence-corrected chi connectivity index (χ0v) is 11.2. The van der Waals surface area contributed by atoms with Gasteiger partial charge in [-0.25, -0.2) is 0 Å². The van der Waals surface area contributed by atoms with Crippen LogP contribution in [-0.2, 0) is 5.60 Å². The van der Waals surface area contributed by atoms with Crippen molar-refractivity contribution in [3.8, 4) is 0 Å². The Bertz CT molecular complexity index is 563. The summed E-state index contributed by atoms with van der Waals surface area (Å²) in [4.78, 5) is 0. The molecule has 0 saturated carbocycles. The first kappa shape index (κ1) is 12.6. The monoisotopic (exact) mass is 261 g/mol. The maximum atomic E-state index is 9.14. The summed E-state index contributed by atoms with van der Waals surface area (Å²) in [6.07, 6.45) is 0. The average Bonchev–Trinajstić information content (AvgIpc) is 2.56. The minimum absolute atomic E-state index is 0.871. The molecule has 0 saturated heterocycles. The van der Waals surface area contributed by atoms with Gasteiger partial charge >= 0.3 is 0 Å². The summed E-state index contributed by atoms with van der Waals surface area (Å²) in [6.45, 7) is 0. The van der Waals surface area contributed by atoms with Gasteiger partial charge in [-0.3, -0.25) is 0 Å². The smallest absolute Gasteiger partial charge is 0.242 e. The molecule has 0 fully saturated rings. The molecule has 2 N–H and O–H groups in total. The minimum Gasteiger partial charge on any atom is -0.430 e. The second kappa shape index (κ2) is 5.32. The van der Waals surface area contributed by atoms with Crippen LogP contribution in [-0.4, -0.2) is 5.11 Å². The van der Waals surface area contributed by atoms with Crippen LogP contribution in [0.5, 0.6) is 0 Å². The van der Waals surface area contributed by atoms with Gasteiger partial charge in [0.05, 0.1) is 0 Å². The second-order valence-electron chi connectivity index (χ2n) is 4.85. The molecule has 0 aliphatic heterocycles. The van der Waals surface area contributed by atoms with E-state index in [4.69, 9.17) is 5.11 Å². The van der Waals surface area contributed by atoms with Crippen LogP contribution in [0.2, 0.25) is 0 Å². The average molecular weight is 261 g/mol. The molecule has 98 valence electrons. The van der Waals surface area contributed by atoms with Gasteiger partial charge in [0.1, 0.15) is 0 Å². The molecule has 0 aliphatic carbocycles. The van der Waals surface area contributed by atoms with Crippen molar-refractivity contribution in [1.29, 1.82) is 0 Å². The van der Waals surface area contributed by atoms with Gasteiger partial charge in [0.2, 0.25) is 5.60 Å². The molecule has 0 aliphatic rings. The van der Waals surface area contributed by atoms with Crippen LogP contribution >= 0.6 is 0 Å². The van der Waals surface area contributed by atoms with Gasteiger partial charge < -0.3 is 5.11 Å².